The summed E-state index contributed by atoms with van der Waals surface area (Å²) in [5.74, 6) is -1.63. The number of fused-ring (bicyclic) bond motifs is 1. The summed E-state index contributed by atoms with van der Waals surface area (Å²) in [7, 11) is 0. The predicted octanol–water partition coefficient (Wildman–Crippen LogP) is 5.33. The molecule has 7 heteroatoms. The molecule has 2 amide bonds. The lowest BCUT2D eigenvalue weighted by Gasteiger charge is -2.24. The Morgan fingerprint density at radius 1 is 1.26 bits per heavy atom. The van der Waals surface area contributed by atoms with E-state index in [1.165, 1.54) is 11.0 Å². The van der Waals surface area contributed by atoms with Crippen LogP contribution in [0, 0.1) is 18.6 Å². The fourth-order valence-electron chi connectivity index (χ4n) is 3.01. The number of benzene rings is 2. The number of nitrogens with one attached hydrogen (secondary N) is 1. The number of hydrogen-bond donors (Lipinski definition) is 1. The second-order valence-electron chi connectivity index (χ2n) is 6.18. The smallest absolute Gasteiger partial charge is 0.302 e. The van der Waals surface area contributed by atoms with Gasteiger partial charge in [0, 0.05) is 6.20 Å². The number of urea groups is 1. The number of nitrogens with zero attached hydrogens (tertiary/aromatic N) is 2. The average Bonchev–Trinajstić information content (AvgIpc) is 3.11. The molecule has 27 heavy (non-hydrogen) atoms. The van der Waals surface area contributed by atoms with Crippen molar-refractivity contribution in [3.8, 4) is 0 Å². The normalized spacial score (nSPS) is 13.7. The number of rotatable bonds is 2. The summed E-state index contributed by atoms with van der Waals surface area (Å²) >= 11 is 1.58. The lowest BCUT2D eigenvalue weighted by atomic mass is 9.98. The molecule has 4 nitrogen and oxygen atoms in total. The molecule has 4 rings (SSSR count). The van der Waals surface area contributed by atoms with Crippen molar-refractivity contribution in [2.45, 2.75) is 6.92 Å². The summed E-state index contributed by atoms with van der Waals surface area (Å²) < 4.78 is 28.7. The Bertz CT molecular complexity index is 1080. The van der Waals surface area contributed by atoms with Crippen LogP contribution in [0.25, 0.3) is 15.8 Å². The van der Waals surface area contributed by atoms with Crippen LogP contribution in [-0.2, 0) is 0 Å². The molecule has 0 saturated heterocycles. The Morgan fingerprint density at radius 3 is 2.81 bits per heavy atom. The third kappa shape index (κ3) is 3.33. The lowest BCUT2D eigenvalue weighted by Crippen LogP contribution is -2.33. The van der Waals surface area contributed by atoms with Crippen molar-refractivity contribution < 1.29 is 13.6 Å². The first kappa shape index (κ1) is 17.4. The van der Waals surface area contributed by atoms with Crippen LogP contribution in [0.15, 0.2) is 54.2 Å². The fraction of sp³-hybridized carbons (Fsp3) is 0.100. The summed E-state index contributed by atoms with van der Waals surface area (Å²) in [4.78, 5) is 18.2. The Kier molecular flexibility index (Phi) is 4.45. The zero-order valence-corrected chi connectivity index (χ0v) is 15.2. The molecule has 1 aliphatic heterocycles. The predicted molar refractivity (Wildman–Crippen MR) is 104 cm³/mol. The first-order valence-corrected chi connectivity index (χ1v) is 9.14. The minimum Gasteiger partial charge on any atom is -0.302 e. The average molecular weight is 383 g/mol. The second kappa shape index (κ2) is 6.92. The van der Waals surface area contributed by atoms with Gasteiger partial charge in [-0.1, -0.05) is 12.1 Å². The minimum atomic E-state index is -0.815. The van der Waals surface area contributed by atoms with E-state index in [9.17, 15) is 13.6 Å². The summed E-state index contributed by atoms with van der Waals surface area (Å²) in [6.45, 7) is 2.29. The Labute approximate surface area is 158 Å². The molecule has 2 heterocycles. The molecule has 1 aliphatic rings. The molecular weight excluding hydrogens is 368 g/mol. The van der Waals surface area contributed by atoms with E-state index in [-0.39, 0.29) is 6.54 Å². The number of carbonyl (C=O) groups is 1. The molecule has 0 atom stereocenters. The van der Waals surface area contributed by atoms with Crippen molar-refractivity contribution in [2.24, 2.45) is 0 Å². The Balaban J connectivity index is 1.57. The Hall–Kier alpha value is -3.06. The van der Waals surface area contributed by atoms with Crippen LogP contribution in [0.2, 0.25) is 0 Å². The zero-order valence-electron chi connectivity index (χ0n) is 14.4. The second-order valence-corrected chi connectivity index (χ2v) is 7.06. The number of allylic oxidation sites excluding steroid dienone is 2. The zero-order chi connectivity index (χ0) is 19.0. The molecular formula is C20H15F2N3OS. The van der Waals surface area contributed by atoms with E-state index < -0.39 is 23.4 Å². The highest BCUT2D eigenvalue weighted by molar-refractivity contribution is 7.16. The van der Waals surface area contributed by atoms with Gasteiger partial charge >= 0.3 is 6.03 Å². The number of carbonyl (C=O) groups excluding carboxylic acids is 1. The number of aromatic nitrogens is 1. The highest BCUT2D eigenvalue weighted by Crippen LogP contribution is 2.29. The van der Waals surface area contributed by atoms with Crippen LogP contribution >= 0.6 is 11.3 Å². The maximum absolute atomic E-state index is 13.8. The van der Waals surface area contributed by atoms with Gasteiger partial charge in [0.15, 0.2) is 0 Å². The fourth-order valence-corrected chi connectivity index (χ4v) is 3.77. The molecule has 0 bridgehead atoms. The van der Waals surface area contributed by atoms with E-state index in [0.29, 0.717) is 0 Å². The van der Waals surface area contributed by atoms with E-state index in [1.807, 2.05) is 19.1 Å². The molecule has 0 fully saturated rings. The van der Waals surface area contributed by atoms with E-state index in [4.69, 9.17) is 0 Å². The first-order chi connectivity index (χ1) is 13.0. The van der Waals surface area contributed by atoms with E-state index >= 15 is 0 Å². The molecule has 1 N–H and O–H groups in total. The van der Waals surface area contributed by atoms with Gasteiger partial charge in [0.1, 0.15) is 17.3 Å². The van der Waals surface area contributed by atoms with E-state index in [1.54, 1.807) is 29.1 Å². The molecule has 3 aromatic rings. The lowest BCUT2D eigenvalue weighted by molar-refractivity contribution is 0.232. The number of anilines is 1. The highest BCUT2D eigenvalue weighted by atomic mass is 32.1. The van der Waals surface area contributed by atoms with Gasteiger partial charge in [-0.05, 0) is 54.0 Å². The number of halogens is 2. The van der Waals surface area contributed by atoms with Crippen LogP contribution < -0.4 is 5.32 Å². The van der Waals surface area contributed by atoms with Gasteiger partial charge in [0.25, 0.3) is 0 Å². The number of hydrogen-bond acceptors (Lipinski definition) is 3. The van der Waals surface area contributed by atoms with Crippen LogP contribution in [0.1, 0.15) is 11.1 Å². The van der Waals surface area contributed by atoms with E-state index in [0.717, 1.165) is 39.0 Å². The van der Waals surface area contributed by atoms with Gasteiger partial charge in [0.2, 0.25) is 0 Å². The molecule has 0 spiro atoms. The maximum atomic E-state index is 13.8. The van der Waals surface area contributed by atoms with Crippen molar-refractivity contribution in [3.63, 3.8) is 0 Å². The third-order valence-electron chi connectivity index (χ3n) is 4.38. The van der Waals surface area contributed by atoms with Crippen LogP contribution in [0.3, 0.4) is 0 Å². The molecule has 1 aromatic heterocycles. The van der Waals surface area contributed by atoms with Crippen molar-refractivity contribution >= 4 is 38.8 Å². The van der Waals surface area contributed by atoms with Crippen LogP contribution in [0.4, 0.5) is 19.3 Å². The summed E-state index contributed by atoms with van der Waals surface area (Å²) in [6.07, 6.45) is 5.24. The van der Waals surface area contributed by atoms with Crippen molar-refractivity contribution in [1.29, 1.82) is 0 Å². The third-order valence-corrected chi connectivity index (χ3v) is 5.17. The first-order valence-electron chi connectivity index (χ1n) is 8.26. The molecule has 136 valence electrons. The SMILES string of the molecule is Cc1cc2scnc2cc1C1=CC=CN(C(=O)Nc2c(F)cccc2F)C1. The molecule has 0 radical (unpaired) electrons. The quantitative estimate of drug-likeness (QED) is 0.650. The van der Waals surface area contributed by atoms with Gasteiger partial charge in [-0.3, -0.25) is 4.90 Å². The monoisotopic (exact) mass is 383 g/mol. The van der Waals surface area contributed by atoms with Gasteiger partial charge in [-0.15, -0.1) is 11.3 Å². The number of amides is 2. The van der Waals surface area contributed by atoms with Crippen molar-refractivity contribution in [1.82, 2.24) is 9.88 Å². The standard InChI is InChI=1S/C20H15F2N3OS/c1-12-8-18-17(23-11-27-18)9-14(12)13-4-3-7-25(10-13)20(26)24-19-15(21)5-2-6-16(19)22/h2-9,11H,10H2,1H3,(H,24,26). The number of thiazole rings is 1. The van der Waals surface area contributed by atoms with Crippen molar-refractivity contribution in [3.05, 3.63) is 77.0 Å². The van der Waals surface area contributed by atoms with Gasteiger partial charge in [0.05, 0.1) is 22.3 Å². The summed E-state index contributed by atoms with van der Waals surface area (Å²) in [5.41, 5.74) is 5.24. The maximum Gasteiger partial charge on any atom is 0.326 e. The molecule has 0 aliphatic carbocycles. The molecule has 0 unspecified atom stereocenters. The van der Waals surface area contributed by atoms with Gasteiger partial charge < -0.3 is 5.32 Å². The van der Waals surface area contributed by atoms with Crippen molar-refractivity contribution in [2.75, 3.05) is 11.9 Å². The summed E-state index contributed by atoms with van der Waals surface area (Å²) in [5, 5.41) is 2.31. The Morgan fingerprint density at radius 2 is 2.04 bits per heavy atom. The minimum absolute atomic E-state index is 0.287. The van der Waals surface area contributed by atoms with Gasteiger partial charge in [-0.25, -0.2) is 18.6 Å². The largest absolute Gasteiger partial charge is 0.326 e. The van der Waals surface area contributed by atoms with Crippen LogP contribution in [0.5, 0.6) is 0 Å². The van der Waals surface area contributed by atoms with Crippen LogP contribution in [-0.4, -0.2) is 22.5 Å². The van der Waals surface area contributed by atoms with Gasteiger partial charge in [-0.2, -0.15) is 0 Å². The van der Waals surface area contributed by atoms with E-state index in [2.05, 4.69) is 16.4 Å². The molecule has 2 aromatic carbocycles. The highest BCUT2D eigenvalue weighted by Gasteiger charge is 2.20. The summed E-state index contributed by atoms with van der Waals surface area (Å²) in [6, 6.07) is 6.91. The number of aryl methyl sites for hydroxylation is 1. The number of para-hydroxylation sites is 1. The molecule has 0 saturated carbocycles. The topological polar surface area (TPSA) is 45.2 Å².